The summed E-state index contributed by atoms with van der Waals surface area (Å²) >= 11 is 0. The number of rotatable bonds is 2. The molecule has 0 unspecified atom stereocenters. The molecule has 0 atom stereocenters. The van der Waals surface area contributed by atoms with Crippen molar-refractivity contribution in [3.63, 3.8) is 0 Å². The number of pyridine rings is 1. The first-order chi connectivity index (χ1) is 8.08. The minimum absolute atomic E-state index is 0.158. The highest BCUT2D eigenvalue weighted by Gasteiger charge is 2.12. The number of nitrogens with zero attached hydrogens (tertiary/aromatic N) is 1. The van der Waals surface area contributed by atoms with Gasteiger partial charge in [-0.2, -0.15) is 13.8 Å². The van der Waals surface area contributed by atoms with Crippen molar-refractivity contribution < 1.29 is 18.8 Å². The molecule has 0 spiro atoms. The summed E-state index contributed by atoms with van der Waals surface area (Å²) in [5, 5.41) is 17.8. The molecule has 0 bridgehead atoms. The molecule has 17 heavy (non-hydrogen) atoms. The quantitative estimate of drug-likeness (QED) is 0.595. The van der Waals surface area contributed by atoms with E-state index in [0.717, 1.165) is 6.07 Å². The summed E-state index contributed by atoms with van der Waals surface area (Å²) in [4.78, 5) is 3.08. The van der Waals surface area contributed by atoms with E-state index in [2.05, 4.69) is 4.98 Å². The van der Waals surface area contributed by atoms with Crippen LogP contribution in [0.5, 0.6) is 0 Å². The van der Waals surface area contributed by atoms with Gasteiger partial charge in [0.15, 0.2) is 0 Å². The predicted octanol–water partition coefficient (Wildman–Crippen LogP) is 0.707. The van der Waals surface area contributed by atoms with E-state index in [4.69, 9.17) is 10.0 Å². The smallest absolute Gasteiger partial charge is 0.423 e. The van der Waals surface area contributed by atoms with Gasteiger partial charge in [-0.05, 0) is 23.2 Å². The van der Waals surface area contributed by atoms with Crippen LogP contribution < -0.4 is 5.46 Å². The molecule has 1 aromatic carbocycles. The molecule has 0 amide bonds. The molecule has 0 saturated carbocycles. The molecule has 2 rings (SSSR count). The summed E-state index contributed by atoms with van der Waals surface area (Å²) in [5.41, 5.74) is 0.939. The van der Waals surface area contributed by atoms with Crippen molar-refractivity contribution >= 4 is 12.6 Å². The molecule has 2 N–H and O–H groups in total. The van der Waals surface area contributed by atoms with Crippen LogP contribution in [0.15, 0.2) is 36.4 Å². The first-order valence-electron chi connectivity index (χ1n) is 4.86. The zero-order valence-electron chi connectivity index (χ0n) is 8.64. The Bertz CT molecular complexity index is 531. The zero-order chi connectivity index (χ0) is 12.4. The molecule has 0 aliphatic rings. The lowest BCUT2D eigenvalue weighted by atomic mass is 9.80. The Kier molecular flexibility index (Phi) is 3.17. The van der Waals surface area contributed by atoms with Gasteiger partial charge in [0.1, 0.15) is 0 Å². The van der Waals surface area contributed by atoms with Gasteiger partial charge >= 0.3 is 7.12 Å². The molecule has 0 radical (unpaired) electrons. The van der Waals surface area contributed by atoms with Crippen molar-refractivity contribution in [3.8, 4) is 11.1 Å². The maximum atomic E-state index is 13.3. The fourth-order valence-corrected chi connectivity index (χ4v) is 1.46. The van der Waals surface area contributed by atoms with E-state index >= 15 is 0 Å². The van der Waals surface area contributed by atoms with E-state index in [-0.39, 0.29) is 5.56 Å². The molecule has 6 heteroatoms. The third-order valence-corrected chi connectivity index (χ3v) is 2.33. The van der Waals surface area contributed by atoms with Gasteiger partial charge < -0.3 is 10.0 Å². The number of benzene rings is 1. The zero-order valence-corrected chi connectivity index (χ0v) is 8.64. The van der Waals surface area contributed by atoms with E-state index in [0.29, 0.717) is 11.0 Å². The molecule has 0 aliphatic carbocycles. The fourth-order valence-electron chi connectivity index (χ4n) is 1.46. The lowest BCUT2D eigenvalue weighted by molar-refractivity contribution is 0.426. The second-order valence-electron chi connectivity index (χ2n) is 3.47. The van der Waals surface area contributed by atoms with Crippen LogP contribution in [0.1, 0.15) is 0 Å². The SMILES string of the molecule is OB(O)c1ccc(-c2ccc(F)nc2F)cc1. The van der Waals surface area contributed by atoms with Gasteiger partial charge in [-0.3, -0.25) is 0 Å². The van der Waals surface area contributed by atoms with Crippen molar-refractivity contribution in [2.24, 2.45) is 0 Å². The van der Waals surface area contributed by atoms with Crippen molar-refractivity contribution in [2.75, 3.05) is 0 Å². The van der Waals surface area contributed by atoms with Crippen LogP contribution in [0.2, 0.25) is 0 Å². The predicted molar refractivity (Wildman–Crippen MR) is 59.4 cm³/mol. The molecule has 0 fully saturated rings. The van der Waals surface area contributed by atoms with Gasteiger partial charge in [0, 0.05) is 5.56 Å². The van der Waals surface area contributed by atoms with E-state index in [9.17, 15) is 8.78 Å². The monoisotopic (exact) mass is 235 g/mol. The fraction of sp³-hybridized carbons (Fsp3) is 0. The highest BCUT2D eigenvalue weighted by molar-refractivity contribution is 6.58. The van der Waals surface area contributed by atoms with Crippen LogP contribution >= 0.6 is 0 Å². The second kappa shape index (κ2) is 4.61. The highest BCUT2D eigenvalue weighted by Crippen LogP contribution is 2.20. The van der Waals surface area contributed by atoms with E-state index < -0.39 is 19.0 Å². The summed E-state index contributed by atoms with van der Waals surface area (Å²) in [6.07, 6.45) is 0. The third kappa shape index (κ3) is 2.48. The van der Waals surface area contributed by atoms with Crippen LogP contribution in [-0.4, -0.2) is 22.2 Å². The van der Waals surface area contributed by atoms with Gasteiger partial charge in [-0.25, -0.2) is 0 Å². The minimum Gasteiger partial charge on any atom is -0.423 e. The molecule has 86 valence electrons. The molecule has 0 saturated heterocycles. The molecule has 1 heterocycles. The molecule has 1 aromatic heterocycles. The number of hydrogen-bond acceptors (Lipinski definition) is 3. The van der Waals surface area contributed by atoms with Crippen molar-refractivity contribution in [1.82, 2.24) is 4.98 Å². The van der Waals surface area contributed by atoms with Crippen LogP contribution in [0.25, 0.3) is 11.1 Å². The van der Waals surface area contributed by atoms with Gasteiger partial charge in [0.25, 0.3) is 0 Å². The second-order valence-corrected chi connectivity index (χ2v) is 3.47. The molecule has 3 nitrogen and oxygen atoms in total. The van der Waals surface area contributed by atoms with Gasteiger partial charge in [-0.1, -0.05) is 24.3 Å². The summed E-state index contributed by atoms with van der Waals surface area (Å²) in [6.45, 7) is 0. The first kappa shape index (κ1) is 11.7. The lowest BCUT2D eigenvalue weighted by Crippen LogP contribution is -2.29. The van der Waals surface area contributed by atoms with Crippen LogP contribution in [0.4, 0.5) is 8.78 Å². The average molecular weight is 235 g/mol. The van der Waals surface area contributed by atoms with E-state index in [1.54, 1.807) is 0 Å². The van der Waals surface area contributed by atoms with Crippen molar-refractivity contribution in [1.29, 1.82) is 0 Å². The molecule has 0 aliphatic heterocycles. The van der Waals surface area contributed by atoms with Gasteiger partial charge in [0.2, 0.25) is 11.9 Å². The van der Waals surface area contributed by atoms with Crippen molar-refractivity contribution in [3.05, 3.63) is 48.3 Å². The molecular weight excluding hydrogens is 227 g/mol. The van der Waals surface area contributed by atoms with Crippen LogP contribution in [0, 0.1) is 11.9 Å². The topological polar surface area (TPSA) is 53.4 Å². The molecule has 2 aromatic rings. The number of hydrogen-bond donors (Lipinski definition) is 2. The van der Waals surface area contributed by atoms with Gasteiger partial charge in [-0.15, -0.1) is 0 Å². The van der Waals surface area contributed by atoms with Crippen LogP contribution in [-0.2, 0) is 0 Å². The summed E-state index contributed by atoms with van der Waals surface area (Å²) in [5.74, 6) is -1.78. The number of aromatic nitrogens is 1. The Balaban J connectivity index is 2.40. The Morgan fingerprint density at radius 2 is 1.59 bits per heavy atom. The Hall–Kier alpha value is -1.79. The van der Waals surface area contributed by atoms with Crippen molar-refractivity contribution in [2.45, 2.75) is 0 Å². The maximum Gasteiger partial charge on any atom is 0.488 e. The number of halogens is 2. The van der Waals surface area contributed by atoms with Crippen LogP contribution in [0.3, 0.4) is 0 Å². The summed E-state index contributed by atoms with van der Waals surface area (Å²) in [7, 11) is -1.57. The maximum absolute atomic E-state index is 13.3. The molecular formula is C11H8BF2NO2. The Morgan fingerprint density at radius 3 is 2.12 bits per heavy atom. The lowest BCUT2D eigenvalue weighted by Gasteiger charge is -2.04. The van der Waals surface area contributed by atoms with E-state index in [1.807, 2.05) is 0 Å². The average Bonchev–Trinajstić information content (AvgIpc) is 2.29. The highest BCUT2D eigenvalue weighted by atomic mass is 19.1. The first-order valence-corrected chi connectivity index (χ1v) is 4.86. The largest absolute Gasteiger partial charge is 0.488 e. The Morgan fingerprint density at radius 1 is 0.941 bits per heavy atom. The summed E-state index contributed by atoms with van der Waals surface area (Å²) < 4.78 is 26.0. The standard InChI is InChI=1S/C11H8BF2NO2/c13-10-6-5-9(11(14)15-10)7-1-3-8(4-2-7)12(16)17/h1-6,16-17H. The minimum atomic E-state index is -1.57. The summed E-state index contributed by atoms with van der Waals surface area (Å²) in [6, 6.07) is 8.25. The van der Waals surface area contributed by atoms with Gasteiger partial charge in [0.05, 0.1) is 0 Å². The Labute approximate surface area is 96.5 Å². The van der Waals surface area contributed by atoms with E-state index in [1.165, 1.54) is 30.3 Å². The third-order valence-electron chi connectivity index (χ3n) is 2.33. The normalized spacial score (nSPS) is 10.4.